The Balaban J connectivity index is 0.993. The van der Waals surface area contributed by atoms with E-state index in [4.69, 9.17) is 14.7 Å². The summed E-state index contributed by atoms with van der Waals surface area (Å²) in [5.74, 6) is 2.42. The van der Waals surface area contributed by atoms with Crippen LogP contribution in [0.2, 0.25) is 0 Å². The van der Waals surface area contributed by atoms with Crippen molar-refractivity contribution in [3.63, 3.8) is 0 Å². The zero-order valence-electron chi connectivity index (χ0n) is 34.5. The lowest BCUT2D eigenvalue weighted by Crippen LogP contribution is -2.37. The first kappa shape index (κ1) is 35.1. The number of hydrogen-bond acceptors (Lipinski definition) is 3. The molecule has 14 rings (SSSR count). The molecule has 5 nitrogen and oxygen atoms in total. The van der Waals surface area contributed by atoms with Crippen molar-refractivity contribution >= 4 is 43.6 Å². The Bertz CT molecular complexity index is 3810. The average Bonchev–Trinajstić information content (AvgIpc) is 3.88. The minimum atomic E-state index is -0.654. The molecule has 12 aromatic rings. The first-order valence-electron chi connectivity index (χ1n) is 21.8. The minimum Gasteiger partial charge on any atom is -0.457 e. The molecule has 0 saturated heterocycles. The maximum absolute atomic E-state index is 7.10. The number of benzene rings is 9. The van der Waals surface area contributed by atoms with E-state index in [1.54, 1.807) is 0 Å². The lowest BCUT2D eigenvalue weighted by Gasteiger charge is -2.45. The summed E-state index contributed by atoms with van der Waals surface area (Å²) in [6.45, 7) is 0. The molecule has 3 aromatic heterocycles. The van der Waals surface area contributed by atoms with E-state index in [2.05, 4.69) is 203 Å². The van der Waals surface area contributed by atoms with Gasteiger partial charge < -0.3 is 13.9 Å². The van der Waals surface area contributed by atoms with E-state index in [1.807, 2.05) is 24.3 Å². The molecule has 9 aromatic carbocycles. The van der Waals surface area contributed by atoms with Crippen LogP contribution in [0.1, 0.15) is 22.3 Å². The van der Waals surface area contributed by atoms with Crippen LogP contribution in [0.3, 0.4) is 0 Å². The Hall–Kier alpha value is -8.54. The summed E-state index contributed by atoms with van der Waals surface area (Å²) in [6, 6.07) is 78.2. The van der Waals surface area contributed by atoms with E-state index < -0.39 is 5.41 Å². The molecule has 64 heavy (non-hydrogen) atoms. The molecule has 5 heterocycles. The van der Waals surface area contributed by atoms with Gasteiger partial charge in [0, 0.05) is 61.1 Å². The molecule has 0 N–H and O–H groups in total. The van der Waals surface area contributed by atoms with E-state index in [0.29, 0.717) is 5.82 Å². The second kappa shape index (κ2) is 13.2. The van der Waals surface area contributed by atoms with Gasteiger partial charge in [-0.25, -0.2) is 9.97 Å². The van der Waals surface area contributed by atoms with Gasteiger partial charge in [0.15, 0.2) is 5.82 Å². The third-order valence-electron chi connectivity index (χ3n) is 13.6. The standard InChI is InChI=1S/C59H36N4O/c1-3-16-37(17-4-1)49-35-50(61-58(60-49)39-18-5-2-6-19-39)38-30-32-40(33-31-38)62-51-26-11-8-21-42(51)44-34-48-56(36-54(44)62)64-55-29-14-10-24-46(55)59(48)45-23-9-13-28-53(45)63-52-27-12-7-20-41(52)43-22-15-25-47(59)57(43)63/h1-36H. The summed E-state index contributed by atoms with van der Waals surface area (Å²) >= 11 is 0. The van der Waals surface area contributed by atoms with Gasteiger partial charge in [-0.1, -0.05) is 164 Å². The maximum atomic E-state index is 7.10. The molecule has 2 aliphatic rings. The first-order chi connectivity index (χ1) is 31.7. The van der Waals surface area contributed by atoms with E-state index in [-0.39, 0.29) is 0 Å². The second-order valence-electron chi connectivity index (χ2n) is 16.9. The molecule has 0 saturated carbocycles. The summed E-state index contributed by atoms with van der Waals surface area (Å²) in [6.07, 6.45) is 0. The van der Waals surface area contributed by atoms with E-state index >= 15 is 0 Å². The number of para-hydroxylation sites is 5. The molecule has 0 radical (unpaired) electrons. The molecule has 0 fully saturated rings. The monoisotopic (exact) mass is 816 g/mol. The highest BCUT2D eigenvalue weighted by molar-refractivity contribution is 6.13. The highest BCUT2D eigenvalue weighted by Crippen LogP contribution is 2.61. The van der Waals surface area contributed by atoms with Crippen LogP contribution in [0.4, 0.5) is 0 Å². The van der Waals surface area contributed by atoms with Crippen LogP contribution in [0.5, 0.6) is 11.5 Å². The Morgan fingerprint density at radius 2 is 0.938 bits per heavy atom. The summed E-state index contributed by atoms with van der Waals surface area (Å²) in [5.41, 5.74) is 15.8. The Morgan fingerprint density at radius 3 is 1.70 bits per heavy atom. The van der Waals surface area contributed by atoms with E-state index in [1.165, 1.54) is 49.4 Å². The third kappa shape index (κ3) is 4.78. The lowest BCUT2D eigenvalue weighted by molar-refractivity contribution is 0.434. The van der Waals surface area contributed by atoms with Crippen molar-refractivity contribution in [2.45, 2.75) is 5.41 Å². The van der Waals surface area contributed by atoms with Gasteiger partial charge in [0.05, 0.1) is 44.6 Å². The fourth-order valence-corrected chi connectivity index (χ4v) is 10.9. The summed E-state index contributed by atoms with van der Waals surface area (Å²) in [5, 5.41) is 4.87. The number of aromatic nitrogens is 4. The van der Waals surface area contributed by atoms with Crippen LogP contribution in [-0.2, 0) is 5.41 Å². The minimum absolute atomic E-state index is 0.654. The zero-order valence-corrected chi connectivity index (χ0v) is 34.5. The number of hydrogen-bond donors (Lipinski definition) is 0. The molecule has 0 aliphatic carbocycles. The highest BCUT2D eigenvalue weighted by atomic mass is 16.5. The zero-order chi connectivity index (χ0) is 41.9. The molecule has 5 heteroatoms. The van der Waals surface area contributed by atoms with Crippen LogP contribution in [0.15, 0.2) is 218 Å². The Labute approximate surface area is 368 Å². The van der Waals surface area contributed by atoms with E-state index in [0.717, 1.165) is 67.4 Å². The van der Waals surface area contributed by atoms with Crippen LogP contribution in [-0.4, -0.2) is 19.1 Å². The fraction of sp³-hybridized carbons (Fsp3) is 0.0169. The number of ether oxygens (including phenoxy) is 1. The maximum Gasteiger partial charge on any atom is 0.160 e. The summed E-state index contributed by atoms with van der Waals surface area (Å²) < 4.78 is 12.0. The molecule has 0 amide bonds. The fourth-order valence-electron chi connectivity index (χ4n) is 10.9. The molecule has 1 atom stereocenters. The Kier molecular flexibility index (Phi) is 7.26. The number of fused-ring (bicyclic) bond motifs is 14. The SMILES string of the molecule is c1ccc(-c2cc(-c3ccc(-n4c5ccccc5c5cc6c(cc54)Oc4ccccc4C64c5ccccc5-n5c6ccccc6c6cccc4c65)cc3)nc(-c3ccccc3)n2)cc1. The summed E-state index contributed by atoms with van der Waals surface area (Å²) in [7, 11) is 0. The molecule has 0 bridgehead atoms. The topological polar surface area (TPSA) is 44.9 Å². The summed E-state index contributed by atoms with van der Waals surface area (Å²) in [4.78, 5) is 10.1. The molecular weight excluding hydrogens is 781 g/mol. The van der Waals surface area contributed by atoms with Crippen molar-refractivity contribution in [3.05, 3.63) is 241 Å². The van der Waals surface area contributed by atoms with Gasteiger partial charge in [0.2, 0.25) is 0 Å². The molecular formula is C59H36N4O. The van der Waals surface area contributed by atoms with Gasteiger partial charge in [0.1, 0.15) is 11.5 Å². The largest absolute Gasteiger partial charge is 0.457 e. The van der Waals surface area contributed by atoms with Crippen LogP contribution >= 0.6 is 0 Å². The Morgan fingerprint density at radius 1 is 0.359 bits per heavy atom. The number of nitrogens with zero attached hydrogens (tertiary/aromatic N) is 4. The van der Waals surface area contributed by atoms with Crippen molar-refractivity contribution in [1.29, 1.82) is 0 Å². The molecule has 1 spiro atoms. The second-order valence-corrected chi connectivity index (χ2v) is 16.9. The van der Waals surface area contributed by atoms with Crippen molar-refractivity contribution in [2.75, 3.05) is 0 Å². The van der Waals surface area contributed by atoms with Crippen LogP contribution < -0.4 is 4.74 Å². The highest BCUT2D eigenvalue weighted by Gasteiger charge is 2.50. The van der Waals surface area contributed by atoms with Crippen LogP contribution in [0, 0.1) is 0 Å². The quantitative estimate of drug-likeness (QED) is 0.178. The molecule has 2 aliphatic heterocycles. The van der Waals surface area contributed by atoms with Gasteiger partial charge in [-0.15, -0.1) is 0 Å². The van der Waals surface area contributed by atoms with Gasteiger partial charge in [0.25, 0.3) is 0 Å². The predicted molar refractivity (Wildman–Crippen MR) is 259 cm³/mol. The van der Waals surface area contributed by atoms with E-state index in [9.17, 15) is 0 Å². The van der Waals surface area contributed by atoms with Gasteiger partial charge in [-0.3, -0.25) is 0 Å². The van der Waals surface area contributed by atoms with Crippen molar-refractivity contribution < 1.29 is 4.74 Å². The molecule has 298 valence electrons. The normalized spacial score (nSPS) is 14.8. The van der Waals surface area contributed by atoms with Crippen molar-refractivity contribution in [2.24, 2.45) is 0 Å². The van der Waals surface area contributed by atoms with Crippen molar-refractivity contribution in [1.82, 2.24) is 19.1 Å². The van der Waals surface area contributed by atoms with Crippen molar-refractivity contribution in [3.8, 4) is 56.8 Å². The van der Waals surface area contributed by atoms with Gasteiger partial charge in [-0.05, 0) is 59.7 Å². The average molecular weight is 817 g/mol. The lowest BCUT2D eigenvalue weighted by atomic mass is 9.61. The predicted octanol–water partition coefficient (Wildman–Crippen LogP) is 14.5. The molecule has 1 unspecified atom stereocenters. The smallest absolute Gasteiger partial charge is 0.160 e. The third-order valence-corrected chi connectivity index (χ3v) is 13.6. The first-order valence-corrected chi connectivity index (χ1v) is 21.8. The van der Waals surface area contributed by atoms with Gasteiger partial charge >= 0.3 is 0 Å². The van der Waals surface area contributed by atoms with Gasteiger partial charge in [-0.2, -0.15) is 0 Å². The van der Waals surface area contributed by atoms with Crippen LogP contribution in [0.25, 0.3) is 88.9 Å². The number of rotatable bonds is 4.